The minimum absolute atomic E-state index is 0.520. The van der Waals surface area contributed by atoms with E-state index in [2.05, 4.69) is 6.08 Å². The molecule has 0 aromatic rings. The molecular weight excluding hydrogens is 92.1 g/mol. The fraction of sp³-hybridized carbons (Fsp3) is 0.600. The predicted octanol–water partition coefficient (Wildman–Crippen LogP) is 0.432. The lowest BCUT2D eigenvalue weighted by Gasteiger charge is -2.00. The molecule has 2 heteroatoms. The van der Waals surface area contributed by atoms with E-state index in [1.807, 2.05) is 0 Å². The summed E-state index contributed by atoms with van der Waals surface area (Å²) in [6.45, 7) is 1.77. The summed E-state index contributed by atoms with van der Waals surface area (Å²) in [5, 5.41) is 8.59. The molecule has 0 aromatic carbocycles. The Morgan fingerprint density at radius 3 is 2.86 bits per heavy atom. The van der Waals surface area contributed by atoms with Gasteiger partial charge in [-0.25, -0.2) is 0 Å². The molecule has 1 aliphatic rings. The minimum atomic E-state index is -0.625. The normalized spacial score (nSPS) is 29.4. The molecule has 0 fully saturated rings. The van der Waals surface area contributed by atoms with E-state index in [9.17, 15) is 0 Å². The van der Waals surface area contributed by atoms with Crippen molar-refractivity contribution in [1.29, 1.82) is 0 Å². The van der Waals surface area contributed by atoms with E-state index in [0.29, 0.717) is 12.2 Å². The van der Waals surface area contributed by atoms with Gasteiger partial charge in [-0.2, -0.15) is 0 Å². The lowest BCUT2D eigenvalue weighted by molar-refractivity contribution is -0.0441. The van der Waals surface area contributed by atoms with Crippen LogP contribution in [0, 0.1) is 6.08 Å². The molecule has 1 N–H and O–H groups in total. The molecule has 0 saturated heterocycles. The average molecular weight is 99.1 g/mol. The van der Waals surface area contributed by atoms with Crippen LogP contribution in [0.2, 0.25) is 0 Å². The molecule has 7 heavy (non-hydrogen) atoms. The molecule has 1 heterocycles. The molecule has 1 atom stereocenters. The highest BCUT2D eigenvalue weighted by Crippen LogP contribution is 2.11. The molecule has 0 aliphatic carbocycles. The first kappa shape index (κ1) is 4.65. The van der Waals surface area contributed by atoms with Crippen molar-refractivity contribution < 1.29 is 9.84 Å². The number of rotatable bonds is 0. The Kier molecular flexibility index (Phi) is 1.02. The molecule has 0 saturated carbocycles. The van der Waals surface area contributed by atoms with E-state index in [1.165, 1.54) is 0 Å². The fourth-order valence-electron chi connectivity index (χ4n) is 0.518. The molecule has 1 radical (unpaired) electrons. The summed E-state index contributed by atoms with van der Waals surface area (Å²) in [6.07, 6.45) is 2.71. The minimum Gasteiger partial charge on any atom is -0.469 e. The van der Waals surface area contributed by atoms with Gasteiger partial charge in [0.2, 0.25) is 6.29 Å². The van der Waals surface area contributed by atoms with Crippen LogP contribution in [0.15, 0.2) is 5.76 Å². The number of ether oxygens (including phenoxy) is 1. The molecule has 0 spiro atoms. The predicted molar refractivity (Wildman–Crippen MR) is 24.1 cm³/mol. The zero-order valence-electron chi connectivity index (χ0n) is 4.14. The third kappa shape index (κ3) is 0.933. The first-order valence-electron chi connectivity index (χ1n) is 2.21. The van der Waals surface area contributed by atoms with Gasteiger partial charge in [-0.15, -0.1) is 0 Å². The van der Waals surface area contributed by atoms with Gasteiger partial charge in [-0.05, 0) is 6.92 Å². The molecule has 0 bridgehead atoms. The van der Waals surface area contributed by atoms with Gasteiger partial charge < -0.3 is 9.84 Å². The summed E-state index contributed by atoms with van der Waals surface area (Å²) in [4.78, 5) is 0. The zero-order valence-corrected chi connectivity index (χ0v) is 4.14. The maximum absolute atomic E-state index is 8.59. The van der Waals surface area contributed by atoms with Gasteiger partial charge in [0.25, 0.3) is 0 Å². The van der Waals surface area contributed by atoms with Crippen molar-refractivity contribution in [2.24, 2.45) is 0 Å². The van der Waals surface area contributed by atoms with E-state index in [0.717, 1.165) is 0 Å². The number of aliphatic hydroxyl groups is 1. The summed E-state index contributed by atoms with van der Waals surface area (Å²) >= 11 is 0. The van der Waals surface area contributed by atoms with Crippen molar-refractivity contribution >= 4 is 0 Å². The van der Waals surface area contributed by atoms with Crippen LogP contribution in [0.4, 0.5) is 0 Å². The van der Waals surface area contributed by atoms with Crippen LogP contribution in [-0.2, 0) is 4.74 Å². The quantitative estimate of drug-likeness (QED) is 0.477. The Hall–Kier alpha value is -0.500. The molecule has 0 amide bonds. The van der Waals surface area contributed by atoms with E-state index in [4.69, 9.17) is 9.84 Å². The Morgan fingerprint density at radius 1 is 2.00 bits per heavy atom. The summed E-state index contributed by atoms with van der Waals surface area (Å²) in [5.74, 6) is 0.701. The second-order valence-corrected chi connectivity index (χ2v) is 1.51. The number of hydrogen-bond acceptors (Lipinski definition) is 2. The van der Waals surface area contributed by atoms with Crippen LogP contribution >= 0.6 is 0 Å². The maximum Gasteiger partial charge on any atom is 0.201 e. The van der Waals surface area contributed by atoms with Gasteiger partial charge in [0, 0.05) is 12.5 Å². The second kappa shape index (κ2) is 1.54. The Balaban J connectivity index is 2.42. The van der Waals surface area contributed by atoms with Crippen LogP contribution in [0.1, 0.15) is 13.3 Å². The van der Waals surface area contributed by atoms with Crippen LogP contribution in [0.3, 0.4) is 0 Å². The van der Waals surface area contributed by atoms with E-state index in [-0.39, 0.29) is 0 Å². The highest BCUT2D eigenvalue weighted by molar-refractivity contribution is 4.87. The summed E-state index contributed by atoms with van der Waals surface area (Å²) < 4.78 is 4.72. The highest BCUT2D eigenvalue weighted by Gasteiger charge is 2.09. The number of aliphatic hydroxyl groups excluding tert-OH is 1. The van der Waals surface area contributed by atoms with Gasteiger partial charge in [0.1, 0.15) is 5.76 Å². The molecule has 2 nitrogen and oxygen atoms in total. The Bertz CT molecular complexity index is 96.3. The molecule has 1 rings (SSSR count). The van der Waals surface area contributed by atoms with Crippen LogP contribution in [0.5, 0.6) is 0 Å². The first-order valence-corrected chi connectivity index (χ1v) is 2.21. The summed E-state index contributed by atoms with van der Waals surface area (Å²) in [7, 11) is 0. The van der Waals surface area contributed by atoms with Crippen LogP contribution < -0.4 is 0 Å². The summed E-state index contributed by atoms with van der Waals surface area (Å²) in [6, 6.07) is 0. The summed E-state index contributed by atoms with van der Waals surface area (Å²) in [5.41, 5.74) is 0. The fourth-order valence-corrected chi connectivity index (χ4v) is 0.518. The van der Waals surface area contributed by atoms with Gasteiger partial charge in [0.15, 0.2) is 0 Å². The lowest BCUT2D eigenvalue weighted by Crippen LogP contribution is -2.01. The van der Waals surface area contributed by atoms with E-state index < -0.39 is 6.29 Å². The number of hydrogen-bond donors (Lipinski definition) is 1. The molecule has 0 aromatic heterocycles. The van der Waals surface area contributed by atoms with Crippen LogP contribution in [-0.4, -0.2) is 11.4 Å². The van der Waals surface area contributed by atoms with Gasteiger partial charge >= 0.3 is 0 Å². The van der Waals surface area contributed by atoms with Crippen molar-refractivity contribution in [1.82, 2.24) is 0 Å². The van der Waals surface area contributed by atoms with E-state index >= 15 is 0 Å². The topological polar surface area (TPSA) is 29.5 Å². The SMILES string of the molecule is CC1=[C]C[C@@H](O)O1. The Labute approximate surface area is 42.4 Å². The van der Waals surface area contributed by atoms with Crippen molar-refractivity contribution in [2.75, 3.05) is 0 Å². The number of allylic oxidation sites excluding steroid dienone is 1. The van der Waals surface area contributed by atoms with Crippen molar-refractivity contribution in [3.63, 3.8) is 0 Å². The van der Waals surface area contributed by atoms with E-state index in [1.54, 1.807) is 6.92 Å². The maximum atomic E-state index is 8.59. The third-order valence-electron chi connectivity index (χ3n) is 0.838. The molecule has 1 aliphatic heterocycles. The van der Waals surface area contributed by atoms with Gasteiger partial charge in [-0.1, -0.05) is 0 Å². The Morgan fingerprint density at radius 2 is 2.71 bits per heavy atom. The largest absolute Gasteiger partial charge is 0.469 e. The average Bonchev–Trinajstić information content (AvgIpc) is 1.87. The first-order chi connectivity index (χ1) is 3.29. The standard InChI is InChI=1S/C5H7O2/c1-4-2-3-5(6)7-4/h5-6H,3H2,1H3/t5-/m0/s1. The smallest absolute Gasteiger partial charge is 0.201 e. The second-order valence-electron chi connectivity index (χ2n) is 1.51. The monoisotopic (exact) mass is 99.0 g/mol. The molecule has 39 valence electrons. The zero-order chi connectivity index (χ0) is 5.28. The molecule has 0 unspecified atom stereocenters. The van der Waals surface area contributed by atoms with Gasteiger partial charge in [0.05, 0.1) is 0 Å². The third-order valence-corrected chi connectivity index (χ3v) is 0.838. The lowest BCUT2D eigenvalue weighted by atomic mass is 10.4. The molecular formula is C5H7O2. The van der Waals surface area contributed by atoms with Crippen molar-refractivity contribution in [3.8, 4) is 0 Å². The van der Waals surface area contributed by atoms with Crippen molar-refractivity contribution in [2.45, 2.75) is 19.6 Å². The van der Waals surface area contributed by atoms with Crippen LogP contribution in [0.25, 0.3) is 0 Å². The highest BCUT2D eigenvalue weighted by atomic mass is 16.6. The van der Waals surface area contributed by atoms with Crippen molar-refractivity contribution in [3.05, 3.63) is 11.8 Å². The van der Waals surface area contributed by atoms with Gasteiger partial charge in [-0.3, -0.25) is 0 Å².